The van der Waals surface area contributed by atoms with Crippen molar-refractivity contribution in [3.05, 3.63) is 35.4 Å². The van der Waals surface area contributed by atoms with Gasteiger partial charge in [0.15, 0.2) is 6.29 Å². The summed E-state index contributed by atoms with van der Waals surface area (Å²) in [5.41, 5.74) is 2.63. The summed E-state index contributed by atoms with van der Waals surface area (Å²) in [5, 5.41) is 0. The molecular formula is C22H30N2O4S. The standard InChI is InChI=1S/C22H30N2O4S/c1-27-22(28-2)19-13-29-14-24(19)21(26)18-8-5-11-23(18)20(25)17-10-9-15-6-3-4-7-16(15)12-17/h3-4,6-7,17-19,22H,5,8-14H2,1-2H3/t17-,18+,19+/m1/s1. The first-order valence-electron chi connectivity index (χ1n) is 10.4. The van der Waals surface area contributed by atoms with E-state index in [1.165, 1.54) is 11.1 Å². The Bertz CT molecular complexity index is 754. The molecule has 2 amide bonds. The Morgan fingerprint density at radius 2 is 1.83 bits per heavy atom. The van der Waals surface area contributed by atoms with Gasteiger partial charge in [-0.25, -0.2) is 0 Å². The van der Waals surface area contributed by atoms with Crippen molar-refractivity contribution in [3.8, 4) is 0 Å². The maximum absolute atomic E-state index is 13.4. The van der Waals surface area contributed by atoms with E-state index in [2.05, 4.69) is 18.2 Å². The van der Waals surface area contributed by atoms with Gasteiger partial charge in [0.25, 0.3) is 0 Å². The highest BCUT2D eigenvalue weighted by molar-refractivity contribution is 7.99. The van der Waals surface area contributed by atoms with Crippen LogP contribution in [0.1, 0.15) is 30.4 Å². The third kappa shape index (κ3) is 4.05. The number of fused-ring (bicyclic) bond motifs is 1. The zero-order valence-electron chi connectivity index (χ0n) is 17.2. The molecule has 2 heterocycles. The van der Waals surface area contributed by atoms with Crippen LogP contribution in [-0.2, 0) is 31.9 Å². The van der Waals surface area contributed by atoms with E-state index in [4.69, 9.17) is 9.47 Å². The van der Waals surface area contributed by atoms with Crippen LogP contribution in [0.4, 0.5) is 0 Å². The maximum Gasteiger partial charge on any atom is 0.246 e. The van der Waals surface area contributed by atoms with E-state index in [9.17, 15) is 9.59 Å². The van der Waals surface area contributed by atoms with E-state index < -0.39 is 6.29 Å². The number of amides is 2. The quantitative estimate of drug-likeness (QED) is 0.687. The van der Waals surface area contributed by atoms with E-state index in [1.807, 2.05) is 15.9 Å². The molecule has 0 N–H and O–H groups in total. The van der Waals surface area contributed by atoms with E-state index in [0.717, 1.165) is 37.9 Å². The number of hydrogen-bond acceptors (Lipinski definition) is 5. The van der Waals surface area contributed by atoms with Gasteiger partial charge >= 0.3 is 0 Å². The fraction of sp³-hybridized carbons (Fsp3) is 0.636. The van der Waals surface area contributed by atoms with Crippen LogP contribution in [0.25, 0.3) is 0 Å². The minimum absolute atomic E-state index is 0.0206. The molecule has 1 aromatic carbocycles. The van der Waals surface area contributed by atoms with Crippen molar-refractivity contribution in [2.75, 3.05) is 32.4 Å². The Balaban J connectivity index is 1.46. The van der Waals surface area contributed by atoms with Crippen LogP contribution in [0.15, 0.2) is 24.3 Å². The van der Waals surface area contributed by atoms with Crippen molar-refractivity contribution in [3.63, 3.8) is 0 Å². The number of rotatable bonds is 5. The van der Waals surface area contributed by atoms with Gasteiger partial charge in [0, 0.05) is 32.4 Å². The molecule has 7 heteroatoms. The minimum atomic E-state index is -0.436. The van der Waals surface area contributed by atoms with Crippen LogP contribution < -0.4 is 0 Å². The molecule has 2 aliphatic heterocycles. The van der Waals surface area contributed by atoms with Crippen molar-refractivity contribution < 1.29 is 19.1 Å². The Hall–Kier alpha value is -1.57. The lowest BCUT2D eigenvalue weighted by Gasteiger charge is -2.35. The summed E-state index contributed by atoms with van der Waals surface area (Å²) < 4.78 is 10.8. The fourth-order valence-corrected chi connectivity index (χ4v) is 6.14. The molecule has 158 valence electrons. The van der Waals surface area contributed by atoms with Crippen LogP contribution in [0, 0.1) is 5.92 Å². The van der Waals surface area contributed by atoms with Gasteiger partial charge in [0.05, 0.1) is 11.9 Å². The summed E-state index contributed by atoms with van der Waals surface area (Å²) in [5.74, 6) is 1.59. The van der Waals surface area contributed by atoms with Crippen LogP contribution in [0.3, 0.4) is 0 Å². The first-order chi connectivity index (χ1) is 14.1. The average Bonchev–Trinajstić information content (AvgIpc) is 3.43. The number of methoxy groups -OCH3 is 2. The van der Waals surface area contributed by atoms with Gasteiger partial charge in [0.1, 0.15) is 6.04 Å². The van der Waals surface area contributed by atoms with Crippen molar-refractivity contribution in [2.45, 2.75) is 50.5 Å². The lowest BCUT2D eigenvalue weighted by molar-refractivity contribution is -0.161. The molecule has 2 fully saturated rings. The summed E-state index contributed by atoms with van der Waals surface area (Å²) in [6, 6.07) is 7.93. The normalized spacial score (nSPS) is 26.8. The Kier molecular flexibility index (Phi) is 6.47. The van der Waals surface area contributed by atoms with Crippen molar-refractivity contribution >= 4 is 23.6 Å². The highest BCUT2D eigenvalue weighted by atomic mass is 32.2. The molecule has 1 aliphatic carbocycles. The second kappa shape index (κ2) is 9.06. The number of benzene rings is 1. The number of hydrogen-bond donors (Lipinski definition) is 0. The van der Waals surface area contributed by atoms with Crippen molar-refractivity contribution in [2.24, 2.45) is 5.92 Å². The fourth-order valence-electron chi connectivity index (χ4n) is 4.94. The minimum Gasteiger partial charge on any atom is -0.354 e. The highest BCUT2D eigenvalue weighted by Crippen LogP contribution is 2.32. The van der Waals surface area contributed by atoms with Crippen LogP contribution in [0.2, 0.25) is 0 Å². The lowest BCUT2D eigenvalue weighted by Crippen LogP contribution is -2.54. The van der Waals surface area contributed by atoms with Crippen molar-refractivity contribution in [1.82, 2.24) is 9.80 Å². The average molecular weight is 419 g/mol. The molecule has 0 saturated carbocycles. The van der Waals surface area contributed by atoms with Gasteiger partial charge in [-0.15, -0.1) is 11.8 Å². The van der Waals surface area contributed by atoms with E-state index in [1.54, 1.807) is 26.0 Å². The largest absolute Gasteiger partial charge is 0.354 e. The molecule has 0 unspecified atom stereocenters. The van der Waals surface area contributed by atoms with E-state index in [-0.39, 0.29) is 29.8 Å². The van der Waals surface area contributed by atoms with Gasteiger partial charge < -0.3 is 19.3 Å². The molecule has 4 rings (SSSR count). The van der Waals surface area contributed by atoms with Gasteiger partial charge in [-0.1, -0.05) is 24.3 Å². The monoisotopic (exact) mass is 418 g/mol. The predicted octanol–water partition coefficient (Wildman–Crippen LogP) is 2.30. The summed E-state index contributed by atoms with van der Waals surface area (Å²) in [4.78, 5) is 30.5. The molecule has 6 nitrogen and oxygen atoms in total. The molecule has 29 heavy (non-hydrogen) atoms. The molecular weight excluding hydrogens is 388 g/mol. The zero-order valence-corrected chi connectivity index (χ0v) is 18.0. The topological polar surface area (TPSA) is 59.1 Å². The molecule has 0 radical (unpaired) electrons. The molecule has 0 spiro atoms. The van der Waals surface area contributed by atoms with E-state index in [0.29, 0.717) is 12.4 Å². The molecule has 2 saturated heterocycles. The SMILES string of the molecule is COC(OC)[C@@H]1CSCN1C(=O)[C@@H]1CCCN1C(=O)[C@@H]1CCc2ccccc2C1. The molecule has 1 aromatic rings. The Morgan fingerprint density at radius 3 is 2.59 bits per heavy atom. The Morgan fingerprint density at radius 1 is 1.07 bits per heavy atom. The number of aryl methyl sites for hydroxylation is 1. The predicted molar refractivity (Wildman–Crippen MR) is 112 cm³/mol. The number of carbonyl (C=O) groups excluding carboxylic acids is 2. The van der Waals surface area contributed by atoms with Crippen LogP contribution in [0.5, 0.6) is 0 Å². The molecule has 0 aromatic heterocycles. The second-order valence-corrected chi connectivity index (χ2v) is 9.11. The van der Waals surface area contributed by atoms with Gasteiger partial charge in [-0.3, -0.25) is 9.59 Å². The summed E-state index contributed by atoms with van der Waals surface area (Å²) in [6.07, 6.45) is 3.78. The van der Waals surface area contributed by atoms with Crippen LogP contribution >= 0.6 is 11.8 Å². The van der Waals surface area contributed by atoms with Crippen molar-refractivity contribution in [1.29, 1.82) is 0 Å². The highest BCUT2D eigenvalue weighted by Gasteiger charge is 2.44. The number of ether oxygens (including phenoxy) is 2. The van der Waals surface area contributed by atoms with Crippen LogP contribution in [-0.4, -0.2) is 72.4 Å². The third-order valence-electron chi connectivity index (χ3n) is 6.50. The number of carbonyl (C=O) groups is 2. The van der Waals surface area contributed by atoms with Gasteiger partial charge in [0.2, 0.25) is 11.8 Å². The summed E-state index contributed by atoms with van der Waals surface area (Å²) in [6.45, 7) is 0.678. The summed E-state index contributed by atoms with van der Waals surface area (Å²) in [7, 11) is 3.21. The first-order valence-corrected chi connectivity index (χ1v) is 11.6. The second-order valence-electron chi connectivity index (χ2n) is 8.11. The molecule has 3 aliphatic rings. The van der Waals surface area contributed by atoms with E-state index >= 15 is 0 Å². The van der Waals surface area contributed by atoms with Gasteiger partial charge in [-0.05, 0) is 43.2 Å². The number of nitrogens with zero attached hydrogens (tertiary/aromatic N) is 2. The Labute approximate surface area is 176 Å². The number of thioether (sulfide) groups is 1. The molecule has 3 atom stereocenters. The van der Waals surface area contributed by atoms with Gasteiger partial charge in [-0.2, -0.15) is 0 Å². The smallest absolute Gasteiger partial charge is 0.246 e. The third-order valence-corrected chi connectivity index (χ3v) is 7.54. The lowest BCUT2D eigenvalue weighted by atomic mass is 9.83. The number of likely N-dealkylation sites (tertiary alicyclic amines) is 1. The summed E-state index contributed by atoms with van der Waals surface area (Å²) >= 11 is 1.71. The first kappa shape index (κ1) is 20.7. The zero-order chi connectivity index (χ0) is 20.4. The maximum atomic E-state index is 13.4. The molecule has 0 bridgehead atoms.